The first-order valence-corrected chi connectivity index (χ1v) is 9.61. The molecular formula is C21H27N7O. The lowest BCUT2D eigenvalue weighted by Crippen LogP contribution is -2.28. The monoisotopic (exact) mass is 393 g/mol. The number of benzene rings is 1. The fourth-order valence-corrected chi connectivity index (χ4v) is 3.22. The predicted molar refractivity (Wildman–Crippen MR) is 116 cm³/mol. The number of nitrogens with two attached hydrogens (primary N) is 1. The SMILES string of the molecule is CNCCCN(C)c1nc2c(C)cccc2cc1CNC(=O)c1nccnc1N. The van der Waals surface area contributed by atoms with Crippen LogP contribution < -0.4 is 21.3 Å². The summed E-state index contributed by atoms with van der Waals surface area (Å²) in [6.45, 7) is 4.15. The number of para-hydroxylation sites is 1. The number of nitrogens with zero attached hydrogens (tertiary/aromatic N) is 4. The summed E-state index contributed by atoms with van der Waals surface area (Å²) in [6.07, 6.45) is 3.90. The third kappa shape index (κ3) is 4.78. The van der Waals surface area contributed by atoms with Gasteiger partial charge in [-0.3, -0.25) is 4.79 Å². The molecule has 0 aliphatic rings. The van der Waals surface area contributed by atoms with Crippen LogP contribution in [-0.2, 0) is 6.54 Å². The Morgan fingerprint density at radius 3 is 2.79 bits per heavy atom. The number of nitrogen functional groups attached to an aromatic ring is 1. The lowest BCUT2D eigenvalue weighted by Gasteiger charge is -2.22. The van der Waals surface area contributed by atoms with Gasteiger partial charge in [-0.15, -0.1) is 0 Å². The number of carbonyl (C=O) groups excluding carboxylic acids is 1. The van der Waals surface area contributed by atoms with E-state index < -0.39 is 0 Å². The van der Waals surface area contributed by atoms with E-state index in [1.54, 1.807) is 0 Å². The first-order chi connectivity index (χ1) is 14.0. The van der Waals surface area contributed by atoms with Crippen LogP contribution in [0.4, 0.5) is 11.6 Å². The van der Waals surface area contributed by atoms with Crippen molar-refractivity contribution in [3.05, 3.63) is 53.5 Å². The van der Waals surface area contributed by atoms with E-state index in [0.717, 1.165) is 47.4 Å². The molecule has 0 unspecified atom stereocenters. The zero-order valence-corrected chi connectivity index (χ0v) is 17.1. The Morgan fingerprint density at radius 1 is 1.24 bits per heavy atom. The van der Waals surface area contributed by atoms with E-state index in [0.29, 0.717) is 6.54 Å². The predicted octanol–water partition coefficient (Wildman–Crippen LogP) is 1.89. The molecule has 1 aromatic carbocycles. The van der Waals surface area contributed by atoms with Gasteiger partial charge >= 0.3 is 0 Å². The highest BCUT2D eigenvalue weighted by Crippen LogP contribution is 2.25. The van der Waals surface area contributed by atoms with Gasteiger partial charge in [-0.25, -0.2) is 15.0 Å². The van der Waals surface area contributed by atoms with Crippen molar-refractivity contribution in [2.24, 2.45) is 0 Å². The molecule has 0 saturated carbocycles. The van der Waals surface area contributed by atoms with Crippen LogP contribution >= 0.6 is 0 Å². The molecule has 8 heteroatoms. The minimum Gasteiger partial charge on any atom is -0.382 e. The molecule has 0 atom stereocenters. The molecule has 1 amide bonds. The van der Waals surface area contributed by atoms with Crippen LogP contribution in [0.2, 0.25) is 0 Å². The fraction of sp³-hybridized carbons (Fsp3) is 0.333. The van der Waals surface area contributed by atoms with Crippen molar-refractivity contribution in [2.75, 3.05) is 37.8 Å². The van der Waals surface area contributed by atoms with E-state index in [1.165, 1.54) is 12.4 Å². The van der Waals surface area contributed by atoms with E-state index in [-0.39, 0.29) is 17.4 Å². The molecule has 2 heterocycles. The van der Waals surface area contributed by atoms with E-state index in [4.69, 9.17) is 10.7 Å². The van der Waals surface area contributed by atoms with Gasteiger partial charge in [0.05, 0.1) is 5.52 Å². The van der Waals surface area contributed by atoms with Gasteiger partial charge in [0.1, 0.15) is 5.82 Å². The van der Waals surface area contributed by atoms with Crippen molar-refractivity contribution in [1.82, 2.24) is 25.6 Å². The summed E-state index contributed by atoms with van der Waals surface area (Å²) in [5.74, 6) is 0.612. The Balaban J connectivity index is 1.89. The highest BCUT2D eigenvalue weighted by atomic mass is 16.1. The minimum atomic E-state index is -0.358. The van der Waals surface area contributed by atoms with E-state index in [1.807, 2.05) is 26.2 Å². The summed E-state index contributed by atoms with van der Waals surface area (Å²) >= 11 is 0. The summed E-state index contributed by atoms with van der Waals surface area (Å²) in [5, 5.41) is 7.10. The van der Waals surface area contributed by atoms with Crippen LogP contribution in [0.5, 0.6) is 0 Å². The Hall–Kier alpha value is -3.26. The average molecular weight is 393 g/mol. The van der Waals surface area contributed by atoms with Crippen molar-refractivity contribution in [3.63, 3.8) is 0 Å². The quantitative estimate of drug-likeness (QED) is 0.501. The van der Waals surface area contributed by atoms with Gasteiger partial charge in [-0.05, 0) is 38.6 Å². The van der Waals surface area contributed by atoms with Gasteiger partial charge in [0.2, 0.25) is 0 Å². The van der Waals surface area contributed by atoms with Crippen LogP contribution in [0.1, 0.15) is 28.0 Å². The zero-order chi connectivity index (χ0) is 20.8. The largest absolute Gasteiger partial charge is 0.382 e. The Labute approximate surface area is 170 Å². The number of fused-ring (bicyclic) bond motifs is 1. The summed E-state index contributed by atoms with van der Waals surface area (Å²) in [4.78, 5) is 27.5. The number of aryl methyl sites for hydroxylation is 1. The number of anilines is 2. The van der Waals surface area contributed by atoms with Crippen molar-refractivity contribution < 1.29 is 4.79 Å². The number of amides is 1. The molecule has 0 aliphatic carbocycles. The third-order valence-corrected chi connectivity index (χ3v) is 4.77. The second-order valence-electron chi connectivity index (χ2n) is 6.97. The molecule has 29 heavy (non-hydrogen) atoms. The summed E-state index contributed by atoms with van der Waals surface area (Å²) < 4.78 is 0. The average Bonchev–Trinajstić information content (AvgIpc) is 2.72. The summed E-state index contributed by atoms with van der Waals surface area (Å²) in [5.41, 5.74) is 8.92. The number of nitrogens with one attached hydrogen (secondary N) is 2. The zero-order valence-electron chi connectivity index (χ0n) is 17.1. The highest BCUT2D eigenvalue weighted by Gasteiger charge is 2.16. The lowest BCUT2D eigenvalue weighted by atomic mass is 10.1. The minimum absolute atomic E-state index is 0.113. The Bertz CT molecular complexity index is 1010. The van der Waals surface area contributed by atoms with Gasteiger partial charge in [-0.1, -0.05) is 18.2 Å². The summed E-state index contributed by atoms with van der Waals surface area (Å²) in [6, 6.07) is 8.18. The van der Waals surface area contributed by atoms with E-state index >= 15 is 0 Å². The van der Waals surface area contributed by atoms with Gasteiger partial charge in [0.25, 0.3) is 5.91 Å². The van der Waals surface area contributed by atoms with Crippen molar-refractivity contribution >= 4 is 28.4 Å². The molecule has 0 fully saturated rings. The lowest BCUT2D eigenvalue weighted by molar-refractivity contribution is 0.0946. The van der Waals surface area contributed by atoms with Crippen LogP contribution in [-0.4, -0.2) is 48.0 Å². The Morgan fingerprint density at radius 2 is 2.03 bits per heavy atom. The molecule has 0 bridgehead atoms. The smallest absolute Gasteiger partial charge is 0.273 e. The van der Waals surface area contributed by atoms with Crippen LogP contribution in [0, 0.1) is 6.92 Å². The second kappa shape index (κ2) is 9.29. The topological polar surface area (TPSA) is 109 Å². The number of hydrogen-bond acceptors (Lipinski definition) is 7. The molecule has 3 rings (SSSR count). The van der Waals surface area contributed by atoms with E-state index in [9.17, 15) is 4.79 Å². The maximum atomic E-state index is 12.5. The van der Waals surface area contributed by atoms with E-state index in [2.05, 4.69) is 44.6 Å². The highest BCUT2D eigenvalue weighted by molar-refractivity contribution is 5.96. The first-order valence-electron chi connectivity index (χ1n) is 9.61. The molecule has 0 saturated heterocycles. The van der Waals surface area contributed by atoms with Gasteiger partial charge < -0.3 is 21.3 Å². The maximum absolute atomic E-state index is 12.5. The third-order valence-electron chi connectivity index (χ3n) is 4.77. The van der Waals surface area contributed by atoms with Crippen molar-refractivity contribution in [1.29, 1.82) is 0 Å². The van der Waals surface area contributed by atoms with Crippen LogP contribution in [0.15, 0.2) is 36.7 Å². The van der Waals surface area contributed by atoms with Crippen LogP contribution in [0.25, 0.3) is 10.9 Å². The fourth-order valence-electron chi connectivity index (χ4n) is 3.22. The molecule has 2 aromatic heterocycles. The van der Waals surface area contributed by atoms with Crippen molar-refractivity contribution in [2.45, 2.75) is 19.9 Å². The first kappa shape index (κ1) is 20.5. The number of carbonyl (C=O) groups is 1. The number of aromatic nitrogens is 3. The normalized spacial score (nSPS) is 10.9. The van der Waals surface area contributed by atoms with Crippen molar-refractivity contribution in [3.8, 4) is 0 Å². The molecule has 4 N–H and O–H groups in total. The van der Waals surface area contributed by atoms with Gasteiger partial charge in [0, 0.05) is 43.5 Å². The standard InChI is InChI=1S/C21H27N7O/c1-14-6-4-7-15-12-16(13-26-21(29)18-19(22)25-10-9-24-18)20(27-17(14)15)28(3)11-5-8-23-2/h4,6-7,9-10,12,23H,5,8,11,13H2,1-3H3,(H2,22,25)(H,26,29). The van der Waals surface area contributed by atoms with Gasteiger partial charge in [-0.2, -0.15) is 0 Å². The number of rotatable bonds is 8. The second-order valence-corrected chi connectivity index (χ2v) is 6.97. The van der Waals surface area contributed by atoms with Gasteiger partial charge in [0.15, 0.2) is 11.5 Å². The molecule has 0 spiro atoms. The molecule has 0 aliphatic heterocycles. The summed E-state index contributed by atoms with van der Waals surface area (Å²) in [7, 11) is 3.96. The molecule has 8 nitrogen and oxygen atoms in total. The number of pyridine rings is 1. The number of hydrogen-bond donors (Lipinski definition) is 3. The Kier molecular flexibility index (Phi) is 6.56. The van der Waals surface area contributed by atoms with Crippen LogP contribution in [0.3, 0.4) is 0 Å². The molecule has 152 valence electrons. The molecular weight excluding hydrogens is 366 g/mol. The molecule has 0 radical (unpaired) electrons. The molecule has 3 aromatic rings. The maximum Gasteiger partial charge on any atom is 0.273 e.